The zero-order valence-corrected chi connectivity index (χ0v) is 4.63. The number of aliphatic hydroxyl groups is 1. The van der Waals surface area contributed by atoms with E-state index in [9.17, 15) is 4.79 Å². The Kier molecular flexibility index (Phi) is 11.9. The Morgan fingerprint density at radius 1 is 1.33 bits per heavy atom. The van der Waals surface area contributed by atoms with Gasteiger partial charge in [0.15, 0.2) is 0 Å². The van der Waals surface area contributed by atoms with E-state index in [0.717, 1.165) is 0 Å². The normalized spacial score (nSPS) is 8.11. The average Bonchev–Trinajstić information content (AvgIpc) is 1.66. The molecule has 0 aromatic heterocycles. The van der Waals surface area contributed by atoms with Crippen molar-refractivity contribution in [3.05, 3.63) is 0 Å². The third-order valence-electron chi connectivity index (χ3n) is 0.799. The van der Waals surface area contributed by atoms with Gasteiger partial charge in [0.2, 0.25) is 0 Å². The first-order valence-electron chi connectivity index (χ1n) is 2.60. The number of hydrogen-bond acceptors (Lipinski definition) is 2. The molecule has 9 heavy (non-hydrogen) atoms. The van der Waals surface area contributed by atoms with Crippen LogP contribution in [0.2, 0.25) is 0 Å². The Balaban J connectivity index is 0. The summed E-state index contributed by atoms with van der Waals surface area (Å²) in [6.07, 6.45) is 1.33. The fourth-order valence-corrected chi connectivity index (χ4v) is 0.388. The van der Waals surface area contributed by atoms with E-state index in [4.69, 9.17) is 10.2 Å². The second-order valence-electron chi connectivity index (χ2n) is 1.57. The van der Waals surface area contributed by atoms with Crippen molar-refractivity contribution in [2.45, 2.75) is 19.3 Å². The van der Waals surface area contributed by atoms with E-state index in [1.807, 2.05) is 0 Å². The van der Waals surface area contributed by atoms with Gasteiger partial charge in [0, 0.05) is 13.0 Å². The van der Waals surface area contributed by atoms with Gasteiger partial charge in [-0.25, -0.2) is 0 Å². The van der Waals surface area contributed by atoms with Crippen LogP contribution < -0.4 is 0 Å². The number of carboxylic acid groups (broad SMARTS) is 1. The van der Waals surface area contributed by atoms with Crippen LogP contribution in [0, 0.1) is 0 Å². The molecule has 0 aliphatic heterocycles. The third-order valence-corrected chi connectivity index (χ3v) is 0.799. The molecule has 0 aromatic carbocycles. The summed E-state index contributed by atoms with van der Waals surface area (Å²) >= 11 is 0. The first-order valence-corrected chi connectivity index (χ1v) is 2.60. The van der Waals surface area contributed by atoms with Crippen molar-refractivity contribution in [3.8, 4) is 0 Å². The van der Waals surface area contributed by atoms with Crippen LogP contribution in [0.15, 0.2) is 0 Å². The summed E-state index contributed by atoms with van der Waals surface area (Å²) < 4.78 is 0. The van der Waals surface area contributed by atoms with E-state index in [1.165, 1.54) is 0 Å². The van der Waals surface area contributed by atoms with Crippen molar-refractivity contribution in [3.63, 3.8) is 0 Å². The van der Waals surface area contributed by atoms with Crippen LogP contribution in [0.5, 0.6) is 0 Å². The first kappa shape index (κ1) is 12.4. The summed E-state index contributed by atoms with van der Waals surface area (Å²) in [4.78, 5) is 9.79. The maximum atomic E-state index is 9.79. The molecular weight excluding hydrogens is 148 g/mol. The van der Waals surface area contributed by atoms with Crippen molar-refractivity contribution in [1.29, 1.82) is 0 Å². The van der Waals surface area contributed by atoms with E-state index in [-0.39, 0.29) is 50.8 Å². The second-order valence-corrected chi connectivity index (χ2v) is 1.57. The molecule has 3 nitrogen and oxygen atoms in total. The predicted molar refractivity (Wildman–Crippen MR) is 37.1 cm³/mol. The van der Waals surface area contributed by atoms with Gasteiger partial charge in [-0.1, -0.05) is 0 Å². The zero-order chi connectivity index (χ0) is 6.41. The fraction of sp³-hybridized carbons (Fsp3) is 0.800. The van der Waals surface area contributed by atoms with E-state index < -0.39 is 5.97 Å². The van der Waals surface area contributed by atoms with Gasteiger partial charge in [-0.2, -0.15) is 0 Å². The molecule has 0 aromatic rings. The number of carbonyl (C=O) groups is 1. The molecule has 0 saturated heterocycles. The van der Waals surface area contributed by atoms with Crippen LogP contribution in [-0.4, -0.2) is 60.5 Å². The van der Waals surface area contributed by atoms with Gasteiger partial charge in [-0.3, -0.25) is 4.79 Å². The van der Waals surface area contributed by atoms with E-state index in [1.54, 1.807) is 0 Å². The van der Waals surface area contributed by atoms with Crippen molar-refractivity contribution < 1.29 is 15.0 Å². The van der Waals surface area contributed by atoms with Crippen LogP contribution in [0.4, 0.5) is 0 Å². The summed E-state index contributed by atoms with van der Waals surface area (Å²) in [5, 5.41) is 16.2. The number of aliphatic carboxylic acids is 1. The molecule has 0 bridgehead atoms. The number of carboxylic acids is 1. The van der Waals surface area contributed by atoms with Gasteiger partial charge in [-0.05, 0) is 12.8 Å². The van der Waals surface area contributed by atoms with Crippen LogP contribution in [0.3, 0.4) is 0 Å². The van der Waals surface area contributed by atoms with Crippen LogP contribution in [0.25, 0.3) is 0 Å². The van der Waals surface area contributed by atoms with Crippen LogP contribution in [0.1, 0.15) is 19.3 Å². The predicted octanol–water partition coefficient (Wildman–Crippen LogP) is -0.683. The minimum atomic E-state index is -0.793. The molecule has 0 amide bonds. The molecule has 0 heterocycles. The van der Waals surface area contributed by atoms with Crippen molar-refractivity contribution >= 4 is 43.7 Å². The van der Waals surface area contributed by atoms with E-state index in [2.05, 4.69) is 0 Å². The fourth-order valence-electron chi connectivity index (χ4n) is 0.388. The Labute approximate surface area is 84.1 Å². The van der Waals surface area contributed by atoms with Crippen molar-refractivity contribution in [1.82, 2.24) is 0 Å². The number of hydrogen-bond donors (Lipinski definition) is 2. The molecule has 0 rings (SSSR count). The first-order chi connectivity index (χ1) is 3.77. The molecule has 52 valence electrons. The molecule has 0 unspecified atom stereocenters. The molecule has 0 radical (unpaired) electrons. The summed E-state index contributed by atoms with van der Waals surface area (Å²) in [5.74, 6) is -0.793. The van der Waals surface area contributed by atoms with E-state index >= 15 is 0 Å². The SMILES string of the molecule is O=C(O)CCCCO.[CaH2]. The molecule has 0 aliphatic carbocycles. The van der Waals surface area contributed by atoms with Gasteiger partial charge >= 0.3 is 43.7 Å². The quantitative estimate of drug-likeness (QED) is 0.423. The number of rotatable bonds is 4. The summed E-state index contributed by atoms with van der Waals surface area (Å²) in [6.45, 7) is 0.0906. The van der Waals surface area contributed by atoms with Crippen LogP contribution in [-0.2, 0) is 4.79 Å². The average molecular weight is 160 g/mol. The molecule has 2 N–H and O–H groups in total. The Hall–Kier alpha value is 0.690. The van der Waals surface area contributed by atoms with Gasteiger partial charge < -0.3 is 10.2 Å². The molecule has 0 atom stereocenters. The Bertz CT molecular complexity index is 74.6. The second kappa shape index (κ2) is 8.69. The summed E-state index contributed by atoms with van der Waals surface area (Å²) in [6, 6.07) is 0. The standard InChI is InChI=1S/C5H10O3.Ca.2H/c6-4-2-1-3-5(7)8;;;/h6H,1-4H2,(H,7,8);;;. The molecule has 0 saturated carbocycles. The van der Waals surface area contributed by atoms with E-state index in [0.29, 0.717) is 12.8 Å². The molecular formula is C5H12CaO3. The van der Waals surface area contributed by atoms with Gasteiger partial charge in [0.25, 0.3) is 0 Å². The monoisotopic (exact) mass is 160 g/mol. The Morgan fingerprint density at radius 3 is 2.22 bits per heavy atom. The number of aliphatic hydroxyl groups excluding tert-OH is 1. The topological polar surface area (TPSA) is 57.5 Å². The van der Waals surface area contributed by atoms with Crippen molar-refractivity contribution in [2.75, 3.05) is 6.61 Å². The van der Waals surface area contributed by atoms with Gasteiger partial charge in [-0.15, -0.1) is 0 Å². The van der Waals surface area contributed by atoms with Gasteiger partial charge in [0.05, 0.1) is 0 Å². The van der Waals surface area contributed by atoms with Crippen molar-refractivity contribution in [2.24, 2.45) is 0 Å². The third kappa shape index (κ3) is 12.0. The van der Waals surface area contributed by atoms with Crippen LogP contribution >= 0.6 is 0 Å². The number of unbranched alkanes of at least 4 members (excludes halogenated alkanes) is 1. The van der Waals surface area contributed by atoms with Gasteiger partial charge in [0.1, 0.15) is 0 Å². The molecule has 0 fully saturated rings. The Morgan fingerprint density at radius 2 is 1.89 bits per heavy atom. The molecule has 0 aliphatic rings. The molecule has 4 heteroatoms. The maximum absolute atomic E-state index is 9.79. The summed E-state index contributed by atoms with van der Waals surface area (Å²) in [5.41, 5.74) is 0. The minimum absolute atomic E-state index is 0. The summed E-state index contributed by atoms with van der Waals surface area (Å²) in [7, 11) is 0. The molecule has 0 spiro atoms. The zero-order valence-electron chi connectivity index (χ0n) is 4.63.